The molecule has 0 aliphatic rings. The van der Waals surface area contributed by atoms with Gasteiger partial charge >= 0.3 is 6.09 Å². The third kappa shape index (κ3) is 5.41. The van der Waals surface area contributed by atoms with Gasteiger partial charge in [-0.25, -0.2) is 4.79 Å². The second kappa shape index (κ2) is 6.08. The topological polar surface area (TPSA) is 52.3 Å². The summed E-state index contributed by atoms with van der Waals surface area (Å²) in [5, 5.41) is 0. The van der Waals surface area contributed by atoms with Crippen LogP contribution in [0.5, 0.6) is 0 Å². The first kappa shape index (κ1) is 17.5. The zero-order chi connectivity index (χ0) is 16.4. The highest BCUT2D eigenvalue weighted by atomic mass is 16.6. The number of carbonyl (C=O) groups excluding carboxylic acids is 1. The van der Waals surface area contributed by atoms with E-state index in [1.54, 1.807) is 0 Å². The Kier molecular flexibility index (Phi) is 5.08. The molecule has 3 heteroatoms. The van der Waals surface area contributed by atoms with Crippen molar-refractivity contribution in [2.45, 2.75) is 71.8 Å². The summed E-state index contributed by atoms with van der Waals surface area (Å²) >= 11 is 0. The molecule has 1 unspecified atom stereocenters. The molecule has 1 aromatic carbocycles. The molecule has 0 bridgehead atoms. The van der Waals surface area contributed by atoms with Gasteiger partial charge in [-0.3, -0.25) is 0 Å². The fraction of sp³-hybridized carbons (Fsp3) is 0.611. The fourth-order valence-electron chi connectivity index (χ4n) is 2.25. The van der Waals surface area contributed by atoms with Crippen molar-refractivity contribution in [3.05, 3.63) is 34.9 Å². The summed E-state index contributed by atoms with van der Waals surface area (Å²) in [5.74, 6) is 0. The molecule has 0 saturated heterocycles. The fourth-order valence-corrected chi connectivity index (χ4v) is 2.25. The monoisotopic (exact) mass is 291 g/mol. The number of carbonyl (C=O) groups is 1. The van der Waals surface area contributed by atoms with Crippen molar-refractivity contribution in [3.63, 3.8) is 0 Å². The smallest absolute Gasteiger partial charge is 0.404 e. The van der Waals surface area contributed by atoms with Crippen molar-refractivity contribution in [2.24, 2.45) is 5.73 Å². The Hall–Kier alpha value is -1.51. The molecule has 0 spiro atoms. The third-order valence-corrected chi connectivity index (χ3v) is 3.57. The molecular weight excluding hydrogens is 262 g/mol. The van der Waals surface area contributed by atoms with Crippen molar-refractivity contribution in [2.75, 3.05) is 0 Å². The van der Waals surface area contributed by atoms with Gasteiger partial charge in [0.25, 0.3) is 0 Å². The van der Waals surface area contributed by atoms with Crippen LogP contribution in [0.15, 0.2) is 18.2 Å². The number of ether oxygens (including phenoxy) is 1. The van der Waals surface area contributed by atoms with E-state index in [0.29, 0.717) is 6.42 Å². The predicted molar refractivity (Wildman–Crippen MR) is 87.7 cm³/mol. The number of rotatable bonds is 3. The second-order valence-corrected chi connectivity index (χ2v) is 7.87. The van der Waals surface area contributed by atoms with Gasteiger partial charge in [0.15, 0.2) is 0 Å². The van der Waals surface area contributed by atoms with Crippen LogP contribution in [0.25, 0.3) is 0 Å². The first-order valence-electron chi connectivity index (χ1n) is 7.50. The molecule has 0 radical (unpaired) electrons. The third-order valence-electron chi connectivity index (χ3n) is 3.57. The Morgan fingerprint density at radius 3 is 1.81 bits per heavy atom. The van der Waals surface area contributed by atoms with E-state index >= 15 is 0 Å². The van der Waals surface area contributed by atoms with Crippen LogP contribution in [0.1, 0.15) is 65.2 Å². The first-order valence-corrected chi connectivity index (χ1v) is 7.50. The van der Waals surface area contributed by atoms with Crippen LogP contribution in [0.4, 0.5) is 4.79 Å². The van der Waals surface area contributed by atoms with Crippen molar-refractivity contribution in [3.8, 4) is 0 Å². The van der Waals surface area contributed by atoms with Gasteiger partial charge in [0.2, 0.25) is 0 Å². The maximum absolute atomic E-state index is 10.9. The second-order valence-electron chi connectivity index (χ2n) is 7.87. The average molecular weight is 291 g/mol. The molecule has 1 aromatic rings. The number of benzene rings is 1. The van der Waals surface area contributed by atoms with Gasteiger partial charge < -0.3 is 10.5 Å². The molecule has 1 atom stereocenters. The Morgan fingerprint density at radius 2 is 1.48 bits per heavy atom. The van der Waals surface area contributed by atoms with E-state index in [1.807, 2.05) is 6.92 Å². The van der Waals surface area contributed by atoms with E-state index < -0.39 is 6.09 Å². The number of hydrogen-bond acceptors (Lipinski definition) is 2. The van der Waals surface area contributed by atoms with E-state index in [-0.39, 0.29) is 16.9 Å². The summed E-state index contributed by atoms with van der Waals surface area (Å²) in [6, 6.07) is 6.69. The minimum absolute atomic E-state index is 0.0871. The lowest BCUT2D eigenvalue weighted by Gasteiger charge is -2.26. The summed E-state index contributed by atoms with van der Waals surface area (Å²) in [6.07, 6.45) is -0.258. The molecule has 118 valence electrons. The van der Waals surface area contributed by atoms with E-state index in [2.05, 4.69) is 59.7 Å². The minimum atomic E-state index is -0.717. The highest BCUT2D eigenvalue weighted by molar-refractivity contribution is 5.64. The summed E-state index contributed by atoms with van der Waals surface area (Å²) < 4.78 is 5.04. The van der Waals surface area contributed by atoms with Gasteiger partial charge in [-0.2, -0.15) is 0 Å². The molecule has 0 aliphatic heterocycles. The van der Waals surface area contributed by atoms with E-state index in [9.17, 15) is 4.79 Å². The lowest BCUT2D eigenvalue weighted by Crippen LogP contribution is -2.23. The van der Waals surface area contributed by atoms with E-state index in [4.69, 9.17) is 10.5 Å². The normalized spacial score (nSPS) is 13.9. The van der Waals surface area contributed by atoms with Crippen molar-refractivity contribution in [1.29, 1.82) is 0 Å². The Morgan fingerprint density at radius 1 is 1.05 bits per heavy atom. The van der Waals surface area contributed by atoms with E-state index in [0.717, 1.165) is 0 Å². The van der Waals surface area contributed by atoms with Gasteiger partial charge in [0.05, 0.1) is 0 Å². The molecule has 0 fully saturated rings. The van der Waals surface area contributed by atoms with Crippen LogP contribution >= 0.6 is 0 Å². The predicted octanol–water partition coefficient (Wildman–Crippen LogP) is 4.31. The van der Waals surface area contributed by atoms with Gasteiger partial charge in [0.1, 0.15) is 6.10 Å². The molecule has 2 N–H and O–H groups in total. The number of nitrogens with two attached hydrogens (primary N) is 1. The summed E-state index contributed by atoms with van der Waals surface area (Å²) in [7, 11) is 0. The van der Waals surface area contributed by atoms with Crippen molar-refractivity contribution < 1.29 is 9.53 Å². The van der Waals surface area contributed by atoms with Crippen LogP contribution < -0.4 is 5.73 Å². The largest absolute Gasteiger partial charge is 0.446 e. The van der Waals surface area contributed by atoms with E-state index in [1.165, 1.54) is 16.7 Å². The molecule has 0 saturated carbocycles. The standard InChI is InChI=1S/C18H29NO2/c1-12(21-16(19)20)8-13-9-14(17(2,3)4)11-15(10-13)18(5,6)7/h9-12H,8H2,1-7H3,(H2,19,20). The Labute approximate surface area is 128 Å². The molecule has 1 rings (SSSR count). The molecule has 1 amide bonds. The maximum atomic E-state index is 10.9. The summed E-state index contributed by atoms with van der Waals surface area (Å²) in [6.45, 7) is 15.1. The zero-order valence-corrected chi connectivity index (χ0v) is 14.4. The van der Waals surface area contributed by atoms with Gasteiger partial charge in [0, 0.05) is 6.42 Å². The van der Waals surface area contributed by atoms with Gasteiger partial charge in [-0.15, -0.1) is 0 Å². The zero-order valence-electron chi connectivity index (χ0n) is 14.4. The summed E-state index contributed by atoms with van der Waals surface area (Å²) in [5.41, 5.74) is 9.04. The van der Waals surface area contributed by atoms with Crippen LogP contribution in [-0.2, 0) is 22.0 Å². The van der Waals surface area contributed by atoms with Crippen LogP contribution in [0.3, 0.4) is 0 Å². The minimum Gasteiger partial charge on any atom is -0.446 e. The maximum Gasteiger partial charge on any atom is 0.404 e. The summed E-state index contributed by atoms with van der Waals surface area (Å²) in [4.78, 5) is 10.9. The van der Waals surface area contributed by atoms with Crippen LogP contribution in [-0.4, -0.2) is 12.2 Å². The molecule has 0 aromatic heterocycles. The number of hydrogen-bond donors (Lipinski definition) is 1. The van der Waals surface area contributed by atoms with Gasteiger partial charge in [-0.05, 0) is 34.4 Å². The van der Waals surface area contributed by atoms with Crippen LogP contribution in [0.2, 0.25) is 0 Å². The molecule has 3 nitrogen and oxygen atoms in total. The number of amides is 1. The first-order chi connectivity index (χ1) is 9.39. The van der Waals surface area contributed by atoms with Gasteiger partial charge in [-0.1, -0.05) is 59.7 Å². The molecular formula is C18H29NO2. The quantitative estimate of drug-likeness (QED) is 0.902. The Bertz CT molecular complexity index is 475. The molecule has 0 aliphatic carbocycles. The SMILES string of the molecule is CC(Cc1cc(C(C)(C)C)cc(C(C)(C)C)c1)OC(N)=O. The van der Waals surface area contributed by atoms with Crippen molar-refractivity contribution >= 4 is 6.09 Å². The highest BCUT2D eigenvalue weighted by Crippen LogP contribution is 2.30. The van der Waals surface area contributed by atoms with Crippen LogP contribution in [0, 0.1) is 0 Å². The average Bonchev–Trinajstić information content (AvgIpc) is 2.24. The molecule has 0 heterocycles. The van der Waals surface area contributed by atoms with Crippen molar-refractivity contribution in [1.82, 2.24) is 0 Å². The number of primary amides is 1. The lowest BCUT2D eigenvalue weighted by molar-refractivity contribution is 0.116. The molecule has 21 heavy (non-hydrogen) atoms. The Balaban J connectivity index is 3.17. The highest BCUT2D eigenvalue weighted by Gasteiger charge is 2.21. The lowest BCUT2D eigenvalue weighted by atomic mass is 9.79.